The molecule has 0 saturated carbocycles. The number of carbonyl (C=O) groups is 1. The third-order valence-electron chi connectivity index (χ3n) is 1.75. The number of methoxy groups -OCH3 is 1. The maximum atomic E-state index is 12.6. The molecule has 0 saturated heterocycles. The summed E-state index contributed by atoms with van der Waals surface area (Å²) in [5.41, 5.74) is 0.407. The molecule has 82 valence electrons. The van der Waals surface area contributed by atoms with Crippen LogP contribution in [0.2, 0.25) is 0 Å². The van der Waals surface area contributed by atoms with Crippen LogP contribution >= 0.6 is 0 Å². The summed E-state index contributed by atoms with van der Waals surface area (Å²) in [6, 6.07) is 7.18. The Bertz CT molecular complexity index is 446. The summed E-state index contributed by atoms with van der Waals surface area (Å²) < 4.78 is 16.9. The Labute approximate surface area is 91.9 Å². The van der Waals surface area contributed by atoms with Gasteiger partial charge in [-0.2, -0.15) is 5.26 Å². The first kappa shape index (κ1) is 11.7. The number of nitrogens with zero attached hydrogens (tertiary/aromatic N) is 1. The van der Waals surface area contributed by atoms with Crippen molar-refractivity contribution in [1.82, 2.24) is 0 Å². The summed E-state index contributed by atoms with van der Waals surface area (Å²) in [4.78, 5) is 11.0. The molecule has 4 nitrogen and oxygen atoms in total. The molecule has 0 unspecified atom stereocenters. The highest BCUT2D eigenvalue weighted by atomic mass is 19.1. The molecule has 5 heteroatoms. The van der Waals surface area contributed by atoms with Crippen molar-refractivity contribution in [2.75, 3.05) is 12.4 Å². The smallest absolute Gasteiger partial charge is 0.350 e. The summed E-state index contributed by atoms with van der Waals surface area (Å²) in [7, 11) is 1.19. The van der Waals surface area contributed by atoms with Crippen LogP contribution < -0.4 is 5.32 Å². The molecule has 0 aromatic heterocycles. The molecule has 0 bridgehead atoms. The van der Waals surface area contributed by atoms with Gasteiger partial charge in [0.05, 0.1) is 7.11 Å². The topological polar surface area (TPSA) is 62.1 Å². The maximum Gasteiger partial charge on any atom is 0.350 e. The molecule has 0 fully saturated rings. The molecule has 0 spiro atoms. The first-order chi connectivity index (χ1) is 7.67. The zero-order valence-corrected chi connectivity index (χ0v) is 8.53. The number of nitrogens with one attached hydrogen (secondary N) is 1. The van der Waals surface area contributed by atoms with Gasteiger partial charge in [-0.1, -0.05) is 0 Å². The number of nitriles is 1. The van der Waals surface area contributed by atoms with Crippen molar-refractivity contribution >= 4 is 11.7 Å². The van der Waals surface area contributed by atoms with Crippen molar-refractivity contribution < 1.29 is 13.9 Å². The van der Waals surface area contributed by atoms with Gasteiger partial charge in [0, 0.05) is 11.9 Å². The van der Waals surface area contributed by atoms with E-state index in [0.717, 1.165) is 0 Å². The van der Waals surface area contributed by atoms with Crippen molar-refractivity contribution in [2.24, 2.45) is 0 Å². The van der Waals surface area contributed by atoms with Crippen LogP contribution in [-0.4, -0.2) is 13.1 Å². The average Bonchev–Trinajstić information content (AvgIpc) is 2.31. The number of benzene rings is 1. The fraction of sp³-hybridized carbons (Fsp3) is 0.0909. The molecule has 0 heterocycles. The number of ether oxygens (including phenoxy) is 1. The maximum absolute atomic E-state index is 12.6. The van der Waals surface area contributed by atoms with Gasteiger partial charge in [-0.25, -0.2) is 9.18 Å². The molecule has 0 radical (unpaired) electrons. The van der Waals surface area contributed by atoms with Crippen LogP contribution in [0.5, 0.6) is 0 Å². The second kappa shape index (κ2) is 5.51. The standard InChI is InChI=1S/C11H9FN2O2/c1-16-11(15)8(6-13)7-14-10-4-2-9(12)3-5-10/h2-5,7,14H,1H3/b8-7-. The number of hydrogen-bond donors (Lipinski definition) is 1. The number of carbonyl (C=O) groups excluding carboxylic acids is 1. The third kappa shape index (κ3) is 3.10. The minimum Gasteiger partial charge on any atom is -0.465 e. The zero-order valence-electron chi connectivity index (χ0n) is 8.53. The Morgan fingerprint density at radius 1 is 1.50 bits per heavy atom. The molecular weight excluding hydrogens is 211 g/mol. The van der Waals surface area contributed by atoms with E-state index in [1.54, 1.807) is 6.07 Å². The highest BCUT2D eigenvalue weighted by molar-refractivity contribution is 5.92. The second-order valence-electron chi connectivity index (χ2n) is 2.81. The van der Waals surface area contributed by atoms with Crippen molar-refractivity contribution in [1.29, 1.82) is 5.26 Å². The molecule has 0 atom stereocenters. The molecule has 16 heavy (non-hydrogen) atoms. The normalized spacial score (nSPS) is 10.4. The van der Waals surface area contributed by atoms with E-state index in [0.29, 0.717) is 5.69 Å². The van der Waals surface area contributed by atoms with Crippen molar-refractivity contribution in [2.45, 2.75) is 0 Å². The largest absolute Gasteiger partial charge is 0.465 e. The summed E-state index contributed by atoms with van der Waals surface area (Å²) in [5.74, 6) is -1.08. The first-order valence-corrected chi connectivity index (χ1v) is 4.38. The average molecular weight is 220 g/mol. The molecule has 1 N–H and O–H groups in total. The van der Waals surface area contributed by atoms with E-state index in [2.05, 4.69) is 10.1 Å². The van der Waals surface area contributed by atoms with Gasteiger partial charge < -0.3 is 10.1 Å². The van der Waals surface area contributed by atoms with Gasteiger partial charge in [0.2, 0.25) is 0 Å². The number of esters is 1. The van der Waals surface area contributed by atoms with E-state index in [1.807, 2.05) is 0 Å². The predicted molar refractivity (Wildman–Crippen MR) is 55.7 cm³/mol. The molecule has 1 aromatic carbocycles. The third-order valence-corrected chi connectivity index (χ3v) is 1.75. The quantitative estimate of drug-likeness (QED) is 0.479. The molecule has 0 aliphatic carbocycles. The van der Waals surface area contributed by atoms with Gasteiger partial charge >= 0.3 is 5.97 Å². The van der Waals surface area contributed by atoms with Crippen LogP contribution in [0.25, 0.3) is 0 Å². The van der Waals surface area contributed by atoms with Gasteiger partial charge in [0.15, 0.2) is 5.57 Å². The van der Waals surface area contributed by atoms with Crippen LogP contribution in [0.1, 0.15) is 0 Å². The van der Waals surface area contributed by atoms with E-state index in [4.69, 9.17) is 5.26 Å². The van der Waals surface area contributed by atoms with E-state index < -0.39 is 5.97 Å². The predicted octanol–water partition coefficient (Wildman–Crippen LogP) is 1.82. The fourth-order valence-electron chi connectivity index (χ4n) is 0.948. The number of rotatable bonds is 3. The lowest BCUT2D eigenvalue weighted by molar-refractivity contribution is -0.135. The van der Waals surface area contributed by atoms with Crippen LogP contribution in [0, 0.1) is 17.1 Å². The first-order valence-electron chi connectivity index (χ1n) is 4.38. The highest BCUT2D eigenvalue weighted by Gasteiger charge is 2.07. The monoisotopic (exact) mass is 220 g/mol. The summed E-state index contributed by atoms with van der Waals surface area (Å²) in [6.45, 7) is 0. The minimum atomic E-state index is -0.725. The van der Waals surface area contributed by atoms with Gasteiger partial charge in [-0.3, -0.25) is 0 Å². The summed E-state index contributed by atoms with van der Waals surface area (Å²) in [6.07, 6.45) is 1.21. The van der Waals surface area contributed by atoms with Gasteiger partial charge in [0.1, 0.15) is 11.9 Å². The number of halogens is 1. The van der Waals surface area contributed by atoms with Crippen LogP contribution in [0.15, 0.2) is 36.0 Å². The second-order valence-corrected chi connectivity index (χ2v) is 2.81. The lowest BCUT2D eigenvalue weighted by atomic mass is 10.3. The number of hydrogen-bond acceptors (Lipinski definition) is 4. The SMILES string of the molecule is COC(=O)/C(C#N)=C\Nc1ccc(F)cc1. The zero-order chi connectivity index (χ0) is 12.0. The van der Waals surface area contributed by atoms with Crippen molar-refractivity contribution in [3.05, 3.63) is 41.9 Å². The molecule has 0 aliphatic heterocycles. The Balaban J connectivity index is 2.75. The Morgan fingerprint density at radius 3 is 2.62 bits per heavy atom. The van der Waals surface area contributed by atoms with Crippen molar-refractivity contribution in [3.8, 4) is 6.07 Å². The van der Waals surface area contributed by atoms with Gasteiger partial charge in [-0.05, 0) is 24.3 Å². The van der Waals surface area contributed by atoms with E-state index in [1.165, 1.54) is 37.6 Å². The summed E-state index contributed by atoms with van der Waals surface area (Å²) >= 11 is 0. The Kier molecular flexibility index (Phi) is 4.04. The lowest BCUT2D eigenvalue weighted by Crippen LogP contribution is -2.05. The van der Waals surface area contributed by atoms with E-state index in [-0.39, 0.29) is 11.4 Å². The molecule has 1 aromatic rings. The van der Waals surface area contributed by atoms with Crippen LogP contribution in [0.3, 0.4) is 0 Å². The molecular formula is C11H9FN2O2. The van der Waals surface area contributed by atoms with Crippen LogP contribution in [-0.2, 0) is 9.53 Å². The lowest BCUT2D eigenvalue weighted by Gasteiger charge is -2.01. The van der Waals surface area contributed by atoms with Crippen molar-refractivity contribution in [3.63, 3.8) is 0 Å². The molecule has 0 aliphatic rings. The van der Waals surface area contributed by atoms with Gasteiger partial charge in [-0.15, -0.1) is 0 Å². The number of anilines is 1. The fourth-order valence-corrected chi connectivity index (χ4v) is 0.948. The Morgan fingerprint density at radius 2 is 2.12 bits per heavy atom. The minimum absolute atomic E-state index is 0.160. The molecule has 1 rings (SSSR count). The molecule has 0 amide bonds. The van der Waals surface area contributed by atoms with E-state index >= 15 is 0 Å². The Hall–Kier alpha value is -2.35. The van der Waals surface area contributed by atoms with E-state index in [9.17, 15) is 9.18 Å². The van der Waals surface area contributed by atoms with Gasteiger partial charge in [0.25, 0.3) is 0 Å². The summed E-state index contributed by atoms with van der Waals surface area (Å²) in [5, 5.41) is 11.3. The highest BCUT2D eigenvalue weighted by Crippen LogP contribution is 2.08. The van der Waals surface area contributed by atoms with Crippen LogP contribution in [0.4, 0.5) is 10.1 Å².